The number of hydrogen-bond donors (Lipinski definition) is 1. The van der Waals surface area contributed by atoms with Crippen molar-refractivity contribution in [3.05, 3.63) is 11.6 Å². The second-order valence-electron chi connectivity index (χ2n) is 13.1. The summed E-state index contributed by atoms with van der Waals surface area (Å²) >= 11 is 6.49. The quantitative estimate of drug-likeness (QED) is 0.561. The van der Waals surface area contributed by atoms with E-state index in [1.807, 2.05) is 6.33 Å². The number of carbonyl (C=O) groups is 1. The van der Waals surface area contributed by atoms with E-state index < -0.39 is 0 Å². The van der Waals surface area contributed by atoms with Gasteiger partial charge >= 0.3 is 0 Å². The van der Waals surface area contributed by atoms with Crippen molar-refractivity contribution < 1.29 is 9.53 Å². The number of fused-ring (bicyclic) bond motifs is 6. The topological polar surface area (TPSA) is 88.4 Å². The lowest BCUT2D eigenvalue weighted by Gasteiger charge is -2.62. The van der Waals surface area contributed by atoms with Gasteiger partial charge in [0.05, 0.1) is 11.9 Å². The lowest BCUT2D eigenvalue weighted by atomic mass is 9.48. The van der Waals surface area contributed by atoms with E-state index in [1.165, 1.54) is 12.8 Å². The number of ether oxygens (including phenoxy) is 1. The molecule has 2 saturated carbocycles. The number of anilines is 1. The minimum atomic E-state index is -0.169. The Bertz CT molecular complexity index is 1260. The molecule has 39 heavy (non-hydrogen) atoms. The summed E-state index contributed by atoms with van der Waals surface area (Å²) in [7, 11) is 0. The summed E-state index contributed by atoms with van der Waals surface area (Å²) in [6.07, 6.45) is 10.1. The van der Waals surface area contributed by atoms with E-state index in [2.05, 4.69) is 50.4 Å². The first-order valence-electron chi connectivity index (χ1n) is 15.1. The zero-order valence-corrected chi connectivity index (χ0v) is 24.3. The van der Waals surface area contributed by atoms with E-state index in [4.69, 9.17) is 21.3 Å². The predicted octanol–water partition coefficient (Wildman–Crippen LogP) is 4.41. The standard InChI is InChI=1S/C29H42ClN7O2/c1-4-35-13-15-36(16-14-35)25-24-26(34-27(30)33-25)37(17-31-24)23-8-6-20-18-5-7-21-28(2,11-10-22(38)32-21)19(18)9-12-29(20,3)39-23/h17-21,23H,4-16H2,1-3H3,(H,32,38)/t18-,19+,20+,21-,23+,28-,29+/m1/s1. The molecule has 10 heteroatoms. The average Bonchev–Trinajstić information content (AvgIpc) is 3.36. The van der Waals surface area contributed by atoms with Gasteiger partial charge in [0.1, 0.15) is 6.23 Å². The van der Waals surface area contributed by atoms with Crippen molar-refractivity contribution in [3.8, 4) is 0 Å². The van der Waals surface area contributed by atoms with Gasteiger partial charge in [0, 0.05) is 38.6 Å². The molecule has 3 saturated heterocycles. The SMILES string of the molecule is CCN1CCN(c2nc(Cl)nc3c2ncn3[C@@H]2CC[C@H]3[C@@H]4CC[C@H]5NC(=O)CC[C@]5(C)[C@H]4CC[C@]3(C)O2)CC1. The molecule has 0 radical (unpaired) electrons. The number of halogens is 1. The van der Waals surface area contributed by atoms with Crippen LogP contribution in [-0.2, 0) is 9.53 Å². The molecule has 7 rings (SSSR count). The molecule has 212 valence electrons. The van der Waals surface area contributed by atoms with Gasteiger partial charge in [0.25, 0.3) is 0 Å². The van der Waals surface area contributed by atoms with Crippen molar-refractivity contribution in [3.63, 3.8) is 0 Å². The van der Waals surface area contributed by atoms with Crippen molar-refractivity contribution >= 4 is 34.5 Å². The Hall–Kier alpha value is -1.97. The number of piperidine rings is 1. The molecule has 2 aromatic heterocycles. The van der Waals surface area contributed by atoms with Crippen LogP contribution in [0.1, 0.15) is 78.4 Å². The van der Waals surface area contributed by atoms with E-state index in [1.54, 1.807) is 0 Å². The van der Waals surface area contributed by atoms with Gasteiger partial charge < -0.3 is 19.9 Å². The van der Waals surface area contributed by atoms with Gasteiger partial charge in [-0.15, -0.1) is 0 Å². The van der Waals surface area contributed by atoms with Crippen LogP contribution in [0.3, 0.4) is 0 Å². The fourth-order valence-corrected chi connectivity index (χ4v) is 9.29. The summed E-state index contributed by atoms with van der Waals surface area (Å²) in [5.41, 5.74) is 1.63. The van der Waals surface area contributed by atoms with Crippen LogP contribution in [0.25, 0.3) is 11.2 Å². The van der Waals surface area contributed by atoms with Crippen molar-refractivity contribution in [2.24, 2.45) is 23.2 Å². The van der Waals surface area contributed by atoms with Gasteiger partial charge in [0.15, 0.2) is 17.0 Å². The maximum atomic E-state index is 12.1. The van der Waals surface area contributed by atoms with Gasteiger partial charge in [-0.2, -0.15) is 9.97 Å². The number of likely N-dealkylation sites (N-methyl/N-ethyl adjacent to an activating group) is 1. The number of nitrogens with one attached hydrogen (secondary N) is 1. The van der Waals surface area contributed by atoms with Crippen LogP contribution >= 0.6 is 11.6 Å². The molecule has 0 aromatic carbocycles. The van der Waals surface area contributed by atoms with Crippen molar-refractivity contribution in [2.75, 3.05) is 37.6 Å². The van der Waals surface area contributed by atoms with E-state index in [0.717, 1.165) is 81.8 Å². The van der Waals surface area contributed by atoms with Crippen molar-refractivity contribution in [1.82, 2.24) is 29.7 Å². The fourth-order valence-electron chi connectivity index (χ4n) is 9.13. The molecular formula is C29H42ClN7O2. The molecule has 7 atom stereocenters. The van der Waals surface area contributed by atoms with Crippen LogP contribution in [0.2, 0.25) is 5.28 Å². The number of rotatable bonds is 3. The highest BCUT2D eigenvalue weighted by Gasteiger charge is 2.59. The molecule has 2 aliphatic carbocycles. The third-order valence-corrected chi connectivity index (χ3v) is 11.5. The van der Waals surface area contributed by atoms with Crippen LogP contribution in [-0.4, -0.2) is 74.7 Å². The Balaban J connectivity index is 1.13. The van der Waals surface area contributed by atoms with Gasteiger partial charge in [-0.3, -0.25) is 9.36 Å². The van der Waals surface area contributed by atoms with Crippen molar-refractivity contribution in [1.29, 1.82) is 0 Å². The smallest absolute Gasteiger partial charge is 0.226 e. The van der Waals surface area contributed by atoms with Crippen LogP contribution in [0.4, 0.5) is 5.82 Å². The molecule has 0 bridgehead atoms. The Morgan fingerprint density at radius 3 is 2.67 bits per heavy atom. The molecule has 0 unspecified atom stereocenters. The van der Waals surface area contributed by atoms with Crippen molar-refractivity contribution in [2.45, 2.75) is 90.0 Å². The largest absolute Gasteiger partial charge is 0.353 e. The normalized spacial score (nSPS) is 39.1. The molecule has 3 aliphatic heterocycles. The zero-order chi connectivity index (χ0) is 26.9. The number of amides is 1. The second-order valence-corrected chi connectivity index (χ2v) is 13.5. The van der Waals surface area contributed by atoms with Crippen LogP contribution in [0.15, 0.2) is 6.33 Å². The van der Waals surface area contributed by atoms with Gasteiger partial charge in [0.2, 0.25) is 11.2 Å². The maximum Gasteiger partial charge on any atom is 0.226 e. The summed E-state index contributed by atoms with van der Waals surface area (Å²) in [6, 6.07) is 0.336. The highest BCUT2D eigenvalue weighted by atomic mass is 35.5. The fraction of sp³-hybridized carbons (Fsp3) is 0.793. The summed E-state index contributed by atoms with van der Waals surface area (Å²) in [6.45, 7) is 11.9. The number of hydrogen-bond acceptors (Lipinski definition) is 7. The highest BCUT2D eigenvalue weighted by molar-refractivity contribution is 6.28. The summed E-state index contributed by atoms with van der Waals surface area (Å²) in [5.74, 6) is 2.94. The first-order chi connectivity index (χ1) is 18.8. The number of piperazine rings is 1. The number of carbonyl (C=O) groups excluding carboxylic acids is 1. The Labute approximate surface area is 236 Å². The van der Waals surface area contributed by atoms with Gasteiger partial charge in [-0.25, -0.2) is 4.98 Å². The zero-order valence-electron chi connectivity index (χ0n) is 23.5. The van der Waals surface area contributed by atoms with E-state index >= 15 is 0 Å². The third kappa shape index (κ3) is 4.17. The molecule has 9 nitrogen and oxygen atoms in total. The van der Waals surface area contributed by atoms with Crippen LogP contribution in [0, 0.1) is 23.2 Å². The first kappa shape index (κ1) is 26.0. The lowest BCUT2D eigenvalue weighted by molar-refractivity contribution is -0.231. The Morgan fingerprint density at radius 1 is 1.05 bits per heavy atom. The van der Waals surface area contributed by atoms with E-state index in [0.29, 0.717) is 30.2 Å². The van der Waals surface area contributed by atoms with E-state index in [9.17, 15) is 4.79 Å². The number of imidazole rings is 1. The summed E-state index contributed by atoms with van der Waals surface area (Å²) in [4.78, 5) is 31.0. The summed E-state index contributed by atoms with van der Waals surface area (Å²) in [5, 5.41) is 3.61. The van der Waals surface area contributed by atoms with Gasteiger partial charge in [-0.05, 0) is 93.2 Å². The third-order valence-electron chi connectivity index (χ3n) is 11.4. The Morgan fingerprint density at radius 2 is 1.87 bits per heavy atom. The molecule has 0 spiro atoms. The van der Waals surface area contributed by atoms with Crippen LogP contribution in [0.5, 0.6) is 0 Å². The summed E-state index contributed by atoms with van der Waals surface area (Å²) < 4.78 is 9.16. The molecule has 2 aromatic rings. The highest BCUT2D eigenvalue weighted by Crippen LogP contribution is 2.61. The maximum absolute atomic E-state index is 12.1. The molecule has 5 fully saturated rings. The molecular weight excluding hydrogens is 514 g/mol. The number of aromatic nitrogens is 4. The number of nitrogens with zero attached hydrogens (tertiary/aromatic N) is 6. The molecule has 1 amide bonds. The molecule has 1 N–H and O–H groups in total. The van der Waals surface area contributed by atoms with E-state index in [-0.39, 0.29) is 28.4 Å². The molecule has 5 aliphatic rings. The van der Waals surface area contributed by atoms with Crippen LogP contribution < -0.4 is 10.2 Å². The van der Waals surface area contributed by atoms with Gasteiger partial charge in [-0.1, -0.05) is 13.8 Å². The first-order valence-corrected chi connectivity index (χ1v) is 15.5. The lowest BCUT2D eigenvalue weighted by Crippen LogP contribution is -2.63. The Kier molecular flexibility index (Phi) is 6.36. The minimum absolute atomic E-state index is 0.107. The average molecular weight is 556 g/mol. The minimum Gasteiger partial charge on any atom is -0.353 e. The monoisotopic (exact) mass is 555 g/mol. The second kappa shape index (κ2) is 9.55. The molecule has 5 heterocycles. The predicted molar refractivity (Wildman–Crippen MR) is 151 cm³/mol.